The highest BCUT2D eigenvalue weighted by Gasteiger charge is 2.32. The molecule has 0 radical (unpaired) electrons. The number of H-pyrrole nitrogens is 1. The third-order valence-electron chi connectivity index (χ3n) is 4.96. The van der Waals surface area contributed by atoms with Gasteiger partial charge in [-0.05, 0) is 49.3 Å². The van der Waals surface area contributed by atoms with Crippen LogP contribution in [0, 0.1) is 0 Å². The van der Waals surface area contributed by atoms with Crippen molar-refractivity contribution in [1.29, 1.82) is 0 Å². The maximum absolute atomic E-state index is 13.2. The largest absolute Gasteiger partial charge is 0.463 e. The van der Waals surface area contributed by atoms with Crippen molar-refractivity contribution in [3.63, 3.8) is 0 Å². The molecular weight excluding hydrogens is 352 g/mol. The van der Waals surface area contributed by atoms with Gasteiger partial charge in [0.25, 0.3) is 11.5 Å². The van der Waals surface area contributed by atoms with Gasteiger partial charge in [-0.3, -0.25) is 9.59 Å². The Morgan fingerprint density at radius 3 is 2.88 bits per heavy atom. The van der Waals surface area contributed by atoms with E-state index in [0.717, 1.165) is 37.4 Å². The van der Waals surface area contributed by atoms with Gasteiger partial charge in [0.15, 0.2) is 0 Å². The van der Waals surface area contributed by atoms with Crippen LogP contribution < -0.4 is 5.56 Å². The highest BCUT2D eigenvalue weighted by atomic mass is 32.2. The Morgan fingerprint density at radius 1 is 1.31 bits per heavy atom. The zero-order valence-corrected chi connectivity index (χ0v) is 15.3. The highest BCUT2D eigenvalue weighted by Crippen LogP contribution is 2.26. The molecule has 4 heterocycles. The Balaban J connectivity index is 1.59. The number of ether oxygens (including phenoxy) is 1. The van der Waals surface area contributed by atoms with Crippen molar-refractivity contribution >= 4 is 17.7 Å². The summed E-state index contributed by atoms with van der Waals surface area (Å²) in [6.45, 7) is 1.31. The van der Waals surface area contributed by atoms with Crippen molar-refractivity contribution in [1.82, 2.24) is 9.88 Å². The monoisotopic (exact) mass is 374 g/mol. The molecule has 2 aromatic heterocycles. The van der Waals surface area contributed by atoms with E-state index in [0.29, 0.717) is 18.0 Å². The van der Waals surface area contributed by atoms with Crippen molar-refractivity contribution in [2.45, 2.75) is 31.4 Å². The Kier molecular flexibility index (Phi) is 5.17. The lowest BCUT2D eigenvalue weighted by molar-refractivity contribution is 0.0440. The molecule has 2 aliphatic heterocycles. The topological polar surface area (TPSA) is 75.5 Å². The fourth-order valence-corrected chi connectivity index (χ4v) is 4.77. The molecule has 2 saturated heterocycles. The summed E-state index contributed by atoms with van der Waals surface area (Å²) in [6, 6.07) is 7.02. The summed E-state index contributed by atoms with van der Waals surface area (Å²) < 4.78 is 11.0. The summed E-state index contributed by atoms with van der Waals surface area (Å²) in [4.78, 5) is 30.3. The average Bonchev–Trinajstić information content (AvgIpc) is 3.42. The first-order chi connectivity index (χ1) is 12.7. The van der Waals surface area contributed by atoms with E-state index >= 15 is 0 Å². The maximum Gasteiger partial charge on any atom is 0.261 e. The predicted octanol–water partition coefficient (Wildman–Crippen LogP) is 2.76. The van der Waals surface area contributed by atoms with Crippen molar-refractivity contribution < 1.29 is 13.9 Å². The van der Waals surface area contributed by atoms with Gasteiger partial charge in [-0.15, -0.1) is 0 Å². The van der Waals surface area contributed by atoms with Gasteiger partial charge in [0.1, 0.15) is 11.3 Å². The molecular formula is C19H22N2O4S. The second kappa shape index (κ2) is 7.72. The van der Waals surface area contributed by atoms with E-state index in [1.807, 2.05) is 16.7 Å². The molecule has 2 aliphatic rings. The molecule has 1 N–H and O–H groups in total. The second-order valence-electron chi connectivity index (χ2n) is 6.70. The van der Waals surface area contributed by atoms with Crippen LogP contribution in [0.3, 0.4) is 0 Å². The molecule has 0 spiro atoms. The summed E-state index contributed by atoms with van der Waals surface area (Å²) in [5.41, 5.74) is 0.362. The molecule has 4 rings (SSSR count). The molecule has 0 saturated carbocycles. The number of rotatable bonds is 5. The molecule has 2 aromatic rings. The number of nitrogens with zero attached hydrogens (tertiary/aromatic N) is 1. The van der Waals surface area contributed by atoms with E-state index in [4.69, 9.17) is 9.15 Å². The van der Waals surface area contributed by atoms with Crippen LogP contribution >= 0.6 is 11.8 Å². The van der Waals surface area contributed by atoms with Crippen LogP contribution in [-0.4, -0.2) is 52.6 Å². The fraction of sp³-hybridized carbons (Fsp3) is 0.474. The van der Waals surface area contributed by atoms with Gasteiger partial charge in [0, 0.05) is 24.9 Å². The lowest BCUT2D eigenvalue weighted by Gasteiger charge is -2.30. The van der Waals surface area contributed by atoms with Crippen molar-refractivity contribution in [3.05, 3.63) is 46.4 Å². The van der Waals surface area contributed by atoms with Crippen LogP contribution in [0.2, 0.25) is 0 Å². The Morgan fingerprint density at radius 2 is 2.23 bits per heavy atom. The SMILES string of the molecule is O=C(c1ccc(-c2ccco2)[nH]c1=O)N(C[C@@H]1CCCO1)[C@@H]1CCSC1. The van der Waals surface area contributed by atoms with Crippen LogP contribution in [-0.2, 0) is 4.74 Å². The van der Waals surface area contributed by atoms with Crippen LogP contribution in [0.4, 0.5) is 0 Å². The molecule has 1 amide bonds. The first-order valence-corrected chi connectivity index (χ1v) is 10.2. The number of aromatic nitrogens is 1. The number of hydrogen-bond donors (Lipinski definition) is 1. The van der Waals surface area contributed by atoms with E-state index in [9.17, 15) is 9.59 Å². The molecule has 0 unspecified atom stereocenters. The third-order valence-corrected chi connectivity index (χ3v) is 6.10. The predicted molar refractivity (Wildman–Crippen MR) is 101 cm³/mol. The first kappa shape index (κ1) is 17.4. The third kappa shape index (κ3) is 3.59. The van der Waals surface area contributed by atoms with E-state index in [2.05, 4.69) is 4.98 Å². The number of thioether (sulfide) groups is 1. The zero-order valence-electron chi connectivity index (χ0n) is 14.5. The standard InChI is InChI=1S/C19H22N2O4S/c22-18-15(5-6-16(20-18)17-4-2-9-25-17)19(23)21(13-7-10-26-12-13)11-14-3-1-8-24-14/h2,4-6,9,13-14H,1,3,7-8,10-12H2,(H,20,22)/t13-,14+/m1/s1. The Labute approximate surface area is 155 Å². The Bertz CT molecular complexity index is 805. The van der Waals surface area contributed by atoms with Crippen LogP contribution in [0.1, 0.15) is 29.6 Å². The highest BCUT2D eigenvalue weighted by molar-refractivity contribution is 7.99. The van der Waals surface area contributed by atoms with Gasteiger partial charge < -0.3 is 19.0 Å². The lowest BCUT2D eigenvalue weighted by Crippen LogP contribution is -2.46. The maximum atomic E-state index is 13.2. The van der Waals surface area contributed by atoms with Gasteiger partial charge in [-0.25, -0.2) is 0 Å². The molecule has 0 aliphatic carbocycles. The summed E-state index contributed by atoms with van der Waals surface area (Å²) in [6.07, 6.45) is 4.59. The van der Waals surface area contributed by atoms with Crippen LogP contribution in [0.25, 0.3) is 11.5 Å². The number of carbonyl (C=O) groups excluding carboxylic acids is 1. The number of aromatic amines is 1. The average molecular weight is 374 g/mol. The summed E-state index contributed by atoms with van der Waals surface area (Å²) >= 11 is 1.85. The fourth-order valence-electron chi connectivity index (χ4n) is 3.55. The molecule has 138 valence electrons. The van der Waals surface area contributed by atoms with Gasteiger partial charge >= 0.3 is 0 Å². The molecule has 2 fully saturated rings. The number of hydrogen-bond acceptors (Lipinski definition) is 5. The van der Waals surface area contributed by atoms with Crippen LogP contribution in [0.5, 0.6) is 0 Å². The number of amides is 1. The summed E-state index contributed by atoms with van der Waals surface area (Å²) in [5.74, 6) is 2.33. The lowest BCUT2D eigenvalue weighted by atomic mass is 10.1. The first-order valence-electron chi connectivity index (χ1n) is 9.00. The number of nitrogens with one attached hydrogen (secondary N) is 1. The Hall–Kier alpha value is -1.99. The zero-order chi connectivity index (χ0) is 17.9. The summed E-state index contributed by atoms with van der Waals surface area (Å²) in [7, 11) is 0. The number of pyridine rings is 1. The van der Waals surface area contributed by atoms with Gasteiger partial charge in [-0.1, -0.05) is 0 Å². The summed E-state index contributed by atoms with van der Waals surface area (Å²) in [5, 5.41) is 0. The van der Waals surface area contributed by atoms with E-state index in [1.54, 1.807) is 30.5 Å². The normalized spacial score (nSPS) is 22.6. The van der Waals surface area contributed by atoms with Gasteiger partial charge in [0.2, 0.25) is 0 Å². The van der Waals surface area contributed by atoms with E-state index < -0.39 is 0 Å². The molecule has 0 aromatic carbocycles. The molecule has 7 heteroatoms. The van der Waals surface area contributed by atoms with E-state index in [1.165, 1.54) is 0 Å². The molecule has 26 heavy (non-hydrogen) atoms. The van der Waals surface area contributed by atoms with Crippen LogP contribution in [0.15, 0.2) is 39.7 Å². The molecule has 2 atom stereocenters. The van der Waals surface area contributed by atoms with E-state index in [-0.39, 0.29) is 29.2 Å². The minimum atomic E-state index is -0.383. The minimum Gasteiger partial charge on any atom is -0.463 e. The number of carbonyl (C=O) groups is 1. The van der Waals surface area contributed by atoms with Crippen molar-refractivity contribution in [3.8, 4) is 11.5 Å². The van der Waals surface area contributed by atoms with Gasteiger partial charge in [-0.2, -0.15) is 11.8 Å². The minimum absolute atomic E-state index is 0.0750. The molecule has 6 nitrogen and oxygen atoms in total. The van der Waals surface area contributed by atoms with Gasteiger partial charge in [0.05, 0.1) is 18.1 Å². The van der Waals surface area contributed by atoms with Crippen molar-refractivity contribution in [2.75, 3.05) is 24.7 Å². The van der Waals surface area contributed by atoms with Crippen molar-refractivity contribution in [2.24, 2.45) is 0 Å². The number of furan rings is 1. The second-order valence-corrected chi connectivity index (χ2v) is 7.85. The quantitative estimate of drug-likeness (QED) is 0.871. The smallest absolute Gasteiger partial charge is 0.261 e. The molecule has 0 bridgehead atoms.